The summed E-state index contributed by atoms with van der Waals surface area (Å²) in [5, 5.41) is 14.0. The molecule has 0 fully saturated rings. The zero-order valence-electron chi connectivity index (χ0n) is 16.3. The summed E-state index contributed by atoms with van der Waals surface area (Å²) >= 11 is 1.49. The fourth-order valence-electron chi connectivity index (χ4n) is 3.36. The summed E-state index contributed by atoms with van der Waals surface area (Å²) in [6.07, 6.45) is 0. The van der Waals surface area contributed by atoms with E-state index in [4.69, 9.17) is 9.26 Å². The van der Waals surface area contributed by atoms with Crippen LogP contribution >= 0.6 is 11.8 Å². The van der Waals surface area contributed by atoms with Crippen LogP contribution in [0.5, 0.6) is 5.75 Å². The Morgan fingerprint density at radius 2 is 1.90 bits per heavy atom. The zero-order valence-corrected chi connectivity index (χ0v) is 17.1. The van der Waals surface area contributed by atoms with Crippen LogP contribution in [-0.4, -0.2) is 31.4 Å². The van der Waals surface area contributed by atoms with Crippen LogP contribution in [0.3, 0.4) is 0 Å². The maximum Gasteiger partial charge on any atom is 0.267 e. The lowest BCUT2D eigenvalue weighted by Crippen LogP contribution is -2.21. The molecule has 0 bridgehead atoms. The normalized spacial score (nSPS) is 11.4. The molecule has 0 saturated heterocycles. The van der Waals surface area contributed by atoms with Crippen molar-refractivity contribution in [3.8, 4) is 11.4 Å². The van der Waals surface area contributed by atoms with Gasteiger partial charge in [0.25, 0.3) is 5.56 Å². The number of ether oxygens (including phenoxy) is 1. The van der Waals surface area contributed by atoms with Crippen LogP contribution < -0.4 is 10.3 Å². The van der Waals surface area contributed by atoms with Gasteiger partial charge in [0.05, 0.1) is 29.4 Å². The highest BCUT2D eigenvalue weighted by Crippen LogP contribution is 2.26. The summed E-state index contributed by atoms with van der Waals surface area (Å²) in [6, 6.07) is 16.6. The molecule has 2 aromatic carbocycles. The van der Waals surface area contributed by atoms with Crippen molar-refractivity contribution in [3.05, 3.63) is 76.4 Å². The van der Waals surface area contributed by atoms with Crippen molar-refractivity contribution in [2.45, 2.75) is 17.8 Å². The highest BCUT2D eigenvalue weighted by Gasteiger charge is 2.18. The number of thioether (sulfide) groups is 1. The molecule has 150 valence electrons. The Morgan fingerprint density at radius 3 is 2.63 bits per heavy atom. The predicted octanol–water partition coefficient (Wildman–Crippen LogP) is 3.63. The number of methoxy groups -OCH3 is 1. The Hall–Kier alpha value is -3.59. The number of hydrogen-bond donors (Lipinski definition) is 0. The minimum Gasteiger partial charge on any atom is -0.497 e. The SMILES string of the molecule is COc1ccc(-n2c(=O)c3ccccc3n3c(SCc4cc(C)on4)nnc23)cc1. The summed E-state index contributed by atoms with van der Waals surface area (Å²) in [5.74, 6) is 2.50. The Bertz CT molecular complexity index is 1420. The van der Waals surface area contributed by atoms with Gasteiger partial charge in [-0.15, -0.1) is 10.2 Å². The van der Waals surface area contributed by atoms with Crippen molar-refractivity contribution in [2.75, 3.05) is 7.11 Å². The largest absolute Gasteiger partial charge is 0.497 e. The molecule has 0 aliphatic carbocycles. The number of hydrogen-bond acceptors (Lipinski definition) is 7. The molecule has 0 aliphatic rings. The summed E-state index contributed by atoms with van der Waals surface area (Å²) in [7, 11) is 1.60. The second kappa shape index (κ2) is 7.34. The maximum absolute atomic E-state index is 13.3. The molecule has 0 radical (unpaired) electrons. The summed E-state index contributed by atoms with van der Waals surface area (Å²) < 4.78 is 13.8. The molecule has 0 amide bonds. The first-order valence-electron chi connectivity index (χ1n) is 9.24. The predicted molar refractivity (Wildman–Crippen MR) is 113 cm³/mol. The van der Waals surface area contributed by atoms with E-state index < -0.39 is 0 Å². The van der Waals surface area contributed by atoms with Gasteiger partial charge in [0.1, 0.15) is 11.5 Å². The highest BCUT2D eigenvalue weighted by molar-refractivity contribution is 7.98. The van der Waals surface area contributed by atoms with Crippen molar-refractivity contribution in [3.63, 3.8) is 0 Å². The lowest BCUT2D eigenvalue weighted by Gasteiger charge is -2.11. The van der Waals surface area contributed by atoms with E-state index in [-0.39, 0.29) is 5.56 Å². The molecule has 30 heavy (non-hydrogen) atoms. The van der Waals surface area contributed by atoms with Gasteiger partial charge in [0, 0.05) is 11.8 Å². The topological polar surface area (TPSA) is 87.5 Å². The summed E-state index contributed by atoms with van der Waals surface area (Å²) in [4.78, 5) is 13.3. The van der Waals surface area contributed by atoms with Gasteiger partial charge in [0.15, 0.2) is 5.16 Å². The fourth-order valence-corrected chi connectivity index (χ4v) is 4.18. The summed E-state index contributed by atoms with van der Waals surface area (Å²) in [6.45, 7) is 1.86. The zero-order chi connectivity index (χ0) is 20.7. The quantitative estimate of drug-likeness (QED) is 0.402. The molecule has 0 unspecified atom stereocenters. The summed E-state index contributed by atoms with van der Waals surface area (Å²) in [5.41, 5.74) is 2.11. The van der Waals surface area contributed by atoms with E-state index in [0.717, 1.165) is 17.0 Å². The average Bonchev–Trinajstić information content (AvgIpc) is 3.39. The number of fused-ring (bicyclic) bond motifs is 3. The Labute approximate surface area is 175 Å². The van der Waals surface area contributed by atoms with E-state index in [1.54, 1.807) is 11.7 Å². The first-order chi connectivity index (χ1) is 14.7. The Balaban J connectivity index is 1.70. The van der Waals surface area contributed by atoms with Crippen LogP contribution in [0.1, 0.15) is 11.5 Å². The van der Waals surface area contributed by atoms with Crippen LogP contribution in [0.4, 0.5) is 0 Å². The molecule has 9 heteroatoms. The third-order valence-electron chi connectivity index (χ3n) is 4.75. The van der Waals surface area contributed by atoms with Crippen molar-refractivity contribution in [2.24, 2.45) is 0 Å². The van der Waals surface area contributed by atoms with Gasteiger partial charge in [-0.1, -0.05) is 29.1 Å². The number of rotatable bonds is 5. The van der Waals surface area contributed by atoms with Crippen molar-refractivity contribution < 1.29 is 9.26 Å². The molecule has 0 N–H and O–H groups in total. The first kappa shape index (κ1) is 18.4. The number of nitrogens with zero attached hydrogens (tertiary/aromatic N) is 5. The Kier molecular flexibility index (Phi) is 4.51. The van der Waals surface area contributed by atoms with Crippen LogP contribution in [0.15, 0.2) is 69.1 Å². The standard InChI is InChI=1S/C21H17N5O3S/c1-13-11-14(24-29-13)12-30-21-23-22-20-25(15-7-9-16(28-2)10-8-15)19(27)17-5-3-4-6-18(17)26(20)21/h3-11H,12H2,1-2H3. The van der Waals surface area contributed by atoms with E-state index in [1.165, 1.54) is 11.8 Å². The van der Waals surface area contributed by atoms with E-state index in [9.17, 15) is 4.79 Å². The second-order valence-corrected chi connectivity index (χ2v) is 7.63. The van der Waals surface area contributed by atoms with E-state index in [1.807, 2.05) is 65.9 Å². The van der Waals surface area contributed by atoms with Crippen LogP contribution in [0.2, 0.25) is 0 Å². The number of para-hydroxylation sites is 1. The number of aryl methyl sites for hydroxylation is 1. The first-order valence-corrected chi connectivity index (χ1v) is 10.2. The molecular weight excluding hydrogens is 402 g/mol. The van der Waals surface area contributed by atoms with Gasteiger partial charge in [-0.05, 0) is 43.3 Å². The highest BCUT2D eigenvalue weighted by atomic mass is 32.2. The monoisotopic (exact) mass is 419 g/mol. The third kappa shape index (κ3) is 3.03. The van der Waals surface area contributed by atoms with Gasteiger partial charge >= 0.3 is 0 Å². The smallest absolute Gasteiger partial charge is 0.267 e. The molecule has 0 spiro atoms. The Morgan fingerprint density at radius 1 is 1.10 bits per heavy atom. The minimum absolute atomic E-state index is 0.153. The molecule has 5 aromatic rings. The average molecular weight is 419 g/mol. The van der Waals surface area contributed by atoms with Gasteiger partial charge < -0.3 is 9.26 Å². The number of aromatic nitrogens is 5. The van der Waals surface area contributed by atoms with E-state index in [0.29, 0.717) is 33.5 Å². The van der Waals surface area contributed by atoms with Crippen LogP contribution in [-0.2, 0) is 5.75 Å². The molecule has 5 rings (SSSR count). The number of benzene rings is 2. The van der Waals surface area contributed by atoms with Gasteiger partial charge in [-0.2, -0.15) is 0 Å². The van der Waals surface area contributed by atoms with Crippen molar-refractivity contribution in [1.29, 1.82) is 0 Å². The third-order valence-corrected chi connectivity index (χ3v) is 5.71. The molecule has 3 heterocycles. The van der Waals surface area contributed by atoms with Crippen molar-refractivity contribution in [1.82, 2.24) is 24.3 Å². The molecule has 0 saturated carbocycles. The lowest BCUT2D eigenvalue weighted by atomic mass is 10.2. The lowest BCUT2D eigenvalue weighted by molar-refractivity contribution is 0.393. The molecule has 8 nitrogen and oxygen atoms in total. The second-order valence-electron chi connectivity index (χ2n) is 6.69. The van der Waals surface area contributed by atoms with Crippen LogP contribution in [0, 0.1) is 6.92 Å². The van der Waals surface area contributed by atoms with Gasteiger partial charge in [0.2, 0.25) is 5.78 Å². The molecule has 3 aromatic heterocycles. The van der Waals surface area contributed by atoms with Gasteiger partial charge in [-0.3, -0.25) is 9.20 Å². The molecular formula is C21H17N5O3S. The molecule has 0 atom stereocenters. The maximum atomic E-state index is 13.3. The molecule has 0 aliphatic heterocycles. The van der Waals surface area contributed by atoms with Gasteiger partial charge in [-0.25, -0.2) is 4.57 Å². The fraction of sp³-hybridized carbons (Fsp3) is 0.143. The van der Waals surface area contributed by atoms with E-state index >= 15 is 0 Å². The van der Waals surface area contributed by atoms with Crippen LogP contribution in [0.25, 0.3) is 22.4 Å². The van der Waals surface area contributed by atoms with Crippen molar-refractivity contribution >= 4 is 28.4 Å². The van der Waals surface area contributed by atoms with E-state index in [2.05, 4.69) is 15.4 Å². The minimum atomic E-state index is -0.153.